The van der Waals surface area contributed by atoms with E-state index < -0.39 is 0 Å². The fourth-order valence-corrected chi connectivity index (χ4v) is 3.62. The predicted molar refractivity (Wildman–Crippen MR) is 88.1 cm³/mol. The van der Waals surface area contributed by atoms with E-state index in [2.05, 4.69) is 26.9 Å². The lowest BCUT2D eigenvalue weighted by Crippen LogP contribution is -2.30. The van der Waals surface area contributed by atoms with Gasteiger partial charge in [-0.05, 0) is 37.2 Å². The van der Waals surface area contributed by atoms with E-state index in [1.54, 1.807) is 11.3 Å². The first kappa shape index (κ1) is 15.4. The normalized spacial score (nSPS) is 16.7. The van der Waals surface area contributed by atoms with Crippen molar-refractivity contribution in [2.75, 3.05) is 37.6 Å². The van der Waals surface area contributed by atoms with Gasteiger partial charge in [-0.2, -0.15) is 0 Å². The van der Waals surface area contributed by atoms with Crippen LogP contribution >= 0.6 is 11.3 Å². The fraction of sp³-hybridized carbons (Fsp3) is 0.500. The number of anilines is 1. The summed E-state index contributed by atoms with van der Waals surface area (Å²) in [4.78, 5) is 4.81. The summed E-state index contributed by atoms with van der Waals surface area (Å²) in [5, 5.41) is 10.6. The summed E-state index contributed by atoms with van der Waals surface area (Å²) in [7, 11) is 0. The Balaban J connectivity index is 1.64. The molecule has 0 atom stereocenters. The molecule has 1 aromatic carbocycles. The molecule has 2 heterocycles. The van der Waals surface area contributed by atoms with Crippen LogP contribution in [0.1, 0.15) is 23.9 Å². The maximum atomic E-state index is 12.9. The number of rotatable bonds is 4. The summed E-state index contributed by atoms with van der Waals surface area (Å²) in [6.07, 6.45) is 1.88. The molecule has 2 aromatic rings. The molecule has 118 valence electrons. The van der Waals surface area contributed by atoms with Crippen molar-refractivity contribution in [3.8, 4) is 0 Å². The van der Waals surface area contributed by atoms with Gasteiger partial charge in [-0.3, -0.25) is 0 Å². The molecule has 6 heteroatoms. The molecule has 1 aromatic heterocycles. The monoisotopic (exact) mass is 320 g/mol. The van der Waals surface area contributed by atoms with Gasteiger partial charge in [0.1, 0.15) is 10.8 Å². The molecular weight excluding hydrogens is 299 g/mol. The van der Waals surface area contributed by atoms with Crippen molar-refractivity contribution in [2.45, 2.75) is 19.8 Å². The van der Waals surface area contributed by atoms with E-state index in [0.717, 1.165) is 48.4 Å². The zero-order valence-corrected chi connectivity index (χ0v) is 13.7. The third-order valence-electron chi connectivity index (χ3n) is 4.03. The number of nitrogens with zero attached hydrogens (tertiary/aromatic N) is 4. The highest BCUT2D eigenvalue weighted by Crippen LogP contribution is 2.23. The molecule has 1 fully saturated rings. The smallest absolute Gasteiger partial charge is 0.208 e. The second-order valence-electron chi connectivity index (χ2n) is 5.56. The Bertz CT molecular complexity index is 598. The number of halogens is 1. The van der Waals surface area contributed by atoms with Crippen molar-refractivity contribution >= 4 is 16.5 Å². The lowest BCUT2D eigenvalue weighted by atomic mass is 10.2. The Labute approximate surface area is 134 Å². The van der Waals surface area contributed by atoms with Crippen molar-refractivity contribution in [3.63, 3.8) is 0 Å². The van der Waals surface area contributed by atoms with Gasteiger partial charge in [-0.1, -0.05) is 30.4 Å². The van der Waals surface area contributed by atoms with E-state index in [9.17, 15) is 4.39 Å². The molecule has 22 heavy (non-hydrogen) atoms. The summed E-state index contributed by atoms with van der Waals surface area (Å²) >= 11 is 1.65. The molecule has 0 N–H and O–H groups in total. The van der Waals surface area contributed by atoms with Crippen LogP contribution in [0.5, 0.6) is 0 Å². The first-order chi connectivity index (χ1) is 10.7. The van der Waals surface area contributed by atoms with Gasteiger partial charge in [0.05, 0.1) is 0 Å². The number of hydrogen-bond acceptors (Lipinski definition) is 5. The molecule has 3 rings (SSSR count). The summed E-state index contributed by atoms with van der Waals surface area (Å²) in [6, 6.07) is 6.60. The first-order valence-corrected chi connectivity index (χ1v) is 8.60. The maximum absolute atomic E-state index is 12.9. The predicted octanol–water partition coefficient (Wildman–Crippen LogP) is 2.80. The molecule has 0 amide bonds. The fourth-order valence-electron chi connectivity index (χ4n) is 2.70. The molecule has 0 spiro atoms. The topological polar surface area (TPSA) is 32.3 Å². The van der Waals surface area contributed by atoms with Gasteiger partial charge in [0.2, 0.25) is 5.13 Å². The number of aromatic nitrogens is 2. The number of likely N-dealkylation sites (N-methyl/N-ethyl adjacent to an activating group) is 1. The third-order valence-corrected chi connectivity index (χ3v) is 5.02. The van der Waals surface area contributed by atoms with E-state index in [1.165, 1.54) is 18.6 Å². The standard InChI is InChI=1S/C16H21FN4S/c1-2-20-8-3-9-21(11-10-20)16-19-18-15(22-16)12-13-4-6-14(17)7-5-13/h4-7H,2-3,8-12H2,1H3. The van der Waals surface area contributed by atoms with Crippen LogP contribution in [0.4, 0.5) is 9.52 Å². The zero-order chi connectivity index (χ0) is 15.4. The van der Waals surface area contributed by atoms with Gasteiger partial charge in [-0.15, -0.1) is 10.2 Å². The molecule has 0 unspecified atom stereocenters. The summed E-state index contributed by atoms with van der Waals surface area (Å²) < 4.78 is 12.9. The third kappa shape index (κ3) is 3.81. The molecule has 0 aliphatic carbocycles. The second kappa shape index (κ2) is 7.15. The Kier molecular flexibility index (Phi) is 5.00. The molecule has 0 bridgehead atoms. The lowest BCUT2D eigenvalue weighted by molar-refractivity contribution is 0.310. The summed E-state index contributed by atoms with van der Waals surface area (Å²) in [5.41, 5.74) is 1.07. The molecule has 0 saturated carbocycles. The molecular formula is C16H21FN4S. The van der Waals surface area contributed by atoms with Gasteiger partial charge < -0.3 is 9.80 Å². The van der Waals surface area contributed by atoms with Crippen molar-refractivity contribution in [1.29, 1.82) is 0 Å². The van der Waals surface area contributed by atoms with Crippen LogP contribution < -0.4 is 4.90 Å². The van der Waals surface area contributed by atoms with Crippen LogP contribution in [0.25, 0.3) is 0 Å². The minimum absolute atomic E-state index is 0.202. The van der Waals surface area contributed by atoms with E-state index in [4.69, 9.17) is 0 Å². The summed E-state index contributed by atoms with van der Waals surface area (Å²) in [5.74, 6) is -0.202. The van der Waals surface area contributed by atoms with E-state index in [0.29, 0.717) is 6.42 Å². The van der Waals surface area contributed by atoms with E-state index in [-0.39, 0.29) is 5.82 Å². The zero-order valence-electron chi connectivity index (χ0n) is 12.8. The van der Waals surface area contributed by atoms with Crippen LogP contribution in [-0.2, 0) is 6.42 Å². The highest BCUT2D eigenvalue weighted by molar-refractivity contribution is 7.15. The van der Waals surface area contributed by atoms with Gasteiger partial charge in [-0.25, -0.2) is 4.39 Å². The number of benzene rings is 1. The molecule has 4 nitrogen and oxygen atoms in total. The van der Waals surface area contributed by atoms with Crippen molar-refractivity contribution in [2.24, 2.45) is 0 Å². The minimum atomic E-state index is -0.202. The van der Waals surface area contributed by atoms with E-state index >= 15 is 0 Å². The highest BCUT2D eigenvalue weighted by atomic mass is 32.1. The first-order valence-electron chi connectivity index (χ1n) is 7.78. The van der Waals surface area contributed by atoms with Crippen LogP contribution in [0.15, 0.2) is 24.3 Å². The van der Waals surface area contributed by atoms with Gasteiger partial charge in [0, 0.05) is 26.1 Å². The Morgan fingerprint density at radius 2 is 1.91 bits per heavy atom. The average Bonchev–Trinajstić information content (AvgIpc) is 2.85. The molecule has 1 aliphatic rings. The maximum Gasteiger partial charge on any atom is 0.208 e. The van der Waals surface area contributed by atoms with Crippen molar-refractivity contribution in [1.82, 2.24) is 15.1 Å². The largest absolute Gasteiger partial charge is 0.345 e. The number of hydrogen-bond donors (Lipinski definition) is 0. The highest BCUT2D eigenvalue weighted by Gasteiger charge is 2.17. The van der Waals surface area contributed by atoms with Crippen molar-refractivity contribution in [3.05, 3.63) is 40.7 Å². The molecule has 1 saturated heterocycles. The van der Waals surface area contributed by atoms with Crippen molar-refractivity contribution < 1.29 is 4.39 Å². The Morgan fingerprint density at radius 3 is 2.68 bits per heavy atom. The Hall–Kier alpha value is -1.53. The van der Waals surface area contributed by atoms with Crippen LogP contribution in [0, 0.1) is 5.82 Å². The van der Waals surface area contributed by atoms with E-state index in [1.807, 2.05) is 12.1 Å². The molecule has 0 radical (unpaired) electrons. The SMILES string of the molecule is CCN1CCCN(c2nnc(Cc3ccc(F)cc3)s2)CC1. The Morgan fingerprint density at radius 1 is 1.09 bits per heavy atom. The van der Waals surface area contributed by atoms with Gasteiger partial charge in [0.25, 0.3) is 0 Å². The second-order valence-corrected chi connectivity index (χ2v) is 6.60. The molecule has 1 aliphatic heterocycles. The minimum Gasteiger partial charge on any atom is -0.345 e. The van der Waals surface area contributed by atoms with Gasteiger partial charge in [0.15, 0.2) is 0 Å². The summed E-state index contributed by atoms with van der Waals surface area (Å²) in [6.45, 7) is 7.62. The average molecular weight is 320 g/mol. The van der Waals surface area contributed by atoms with Gasteiger partial charge >= 0.3 is 0 Å². The van der Waals surface area contributed by atoms with Crippen LogP contribution in [-0.4, -0.2) is 47.8 Å². The van der Waals surface area contributed by atoms with Crippen LogP contribution in [0.2, 0.25) is 0 Å². The quantitative estimate of drug-likeness (QED) is 0.867. The van der Waals surface area contributed by atoms with Crippen LogP contribution in [0.3, 0.4) is 0 Å². The lowest BCUT2D eigenvalue weighted by Gasteiger charge is -2.19.